The van der Waals surface area contributed by atoms with Crippen molar-refractivity contribution in [1.82, 2.24) is 0 Å². The predicted molar refractivity (Wildman–Crippen MR) is 52.4 cm³/mol. The largest absolute Gasteiger partial charge is 0.504 e. The zero-order valence-corrected chi connectivity index (χ0v) is 8.58. The van der Waals surface area contributed by atoms with Crippen molar-refractivity contribution in [3.8, 4) is 11.5 Å². The predicted octanol–water partition coefficient (Wildman–Crippen LogP) is 1.83. The molecule has 1 rings (SSSR count). The van der Waals surface area contributed by atoms with E-state index in [1.807, 2.05) is 0 Å². The summed E-state index contributed by atoms with van der Waals surface area (Å²) in [7, 11) is 1.32. The van der Waals surface area contributed by atoms with Gasteiger partial charge in [-0.1, -0.05) is 12.1 Å². The van der Waals surface area contributed by atoms with E-state index in [2.05, 4.69) is 0 Å². The number of ether oxygens (including phenoxy) is 1. The van der Waals surface area contributed by atoms with E-state index >= 15 is 0 Å². The number of benzene rings is 1. The van der Waals surface area contributed by atoms with Crippen LogP contribution in [-0.4, -0.2) is 24.4 Å². The van der Waals surface area contributed by atoms with Crippen molar-refractivity contribution in [3.63, 3.8) is 0 Å². The maximum absolute atomic E-state index is 12.2. The number of para-hydroxylation sites is 1. The van der Waals surface area contributed by atoms with E-state index < -0.39 is 18.6 Å². The van der Waals surface area contributed by atoms with Gasteiger partial charge in [-0.05, 0) is 11.6 Å². The van der Waals surface area contributed by atoms with Crippen molar-refractivity contribution >= 4 is 0 Å². The van der Waals surface area contributed by atoms with Crippen molar-refractivity contribution < 1.29 is 23.0 Å². The lowest BCUT2D eigenvalue weighted by Gasteiger charge is -2.16. The Morgan fingerprint density at radius 3 is 2.56 bits per heavy atom. The van der Waals surface area contributed by atoms with Gasteiger partial charge in [0.1, 0.15) is 6.04 Å². The van der Waals surface area contributed by atoms with Crippen LogP contribution in [0.5, 0.6) is 11.5 Å². The van der Waals surface area contributed by atoms with E-state index in [0.717, 1.165) is 0 Å². The van der Waals surface area contributed by atoms with Gasteiger partial charge in [-0.2, -0.15) is 13.2 Å². The molecule has 0 amide bonds. The van der Waals surface area contributed by atoms with E-state index in [9.17, 15) is 18.3 Å². The van der Waals surface area contributed by atoms with Crippen molar-refractivity contribution in [2.24, 2.45) is 5.73 Å². The second kappa shape index (κ2) is 4.61. The lowest BCUT2D eigenvalue weighted by atomic mass is 10.0. The van der Waals surface area contributed by atoms with Crippen LogP contribution in [0.15, 0.2) is 18.2 Å². The Morgan fingerprint density at radius 2 is 2.06 bits per heavy atom. The average Bonchev–Trinajstić information content (AvgIpc) is 2.19. The second-order valence-electron chi connectivity index (χ2n) is 3.32. The number of alkyl halides is 3. The minimum atomic E-state index is -4.48. The molecule has 6 heteroatoms. The molecular weight excluding hydrogens is 223 g/mol. The first kappa shape index (κ1) is 12.6. The highest BCUT2D eigenvalue weighted by molar-refractivity contribution is 5.45. The Hall–Kier alpha value is -1.43. The van der Waals surface area contributed by atoms with Gasteiger partial charge in [-0.25, -0.2) is 0 Å². The summed E-state index contributed by atoms with van der Waals surface area (Å²) in [4.78, 5) is 0. The molecule has 0 aliphatic carbocycles. The molecule has 1 atom stereocenters. The number of rotatable bonds is 3. The molecule has 3 N–H and O–H groups in total. The molecule has 0 heterocycles. The second-order valence-corrected chi connectivity index (χ2v) is 3.32. The first-order chi connectivity index (χ1) is 7.36. The molecule has 0 saturated heterocycles. The van der Waals surface area contributed by atoms with Gasteiger partial charge < -0.3 is 15.6 Å². The van der Waals surface area contributed by atoms with Crippen LogP contribution in [0.3, 0.4) is 0 Å². The number of halogens is 3. The van der Waals surface area contributed by atoms with Gasteiger partial charge in [0.2, 0.25) is 0 Å². The molecule has 0 fully saturated rings. The molecule has 0 spiro atoms. The van der Waals surface area contributed by atoms with Gasteiger partial charge >= 0.3 is 6.18 Å². The van der Waals surface area contributed by atoms with Crippen LogP contribution in [0.2, 0.25) is 0 Å². The van der Waals surface area contributed by atoms with E-state index in [1.54, 1.807) is 0 Å². The minimum Gasteiger partial charge on any atom is -0.504 e. The first-order valence-corrected chi connectivity index (χ1v) is 4.53. The zero-order chi connectivity index (χ0) is 12.3. The summed E-state index contributed by atoms with van der Waals surface area (Å²) in [5.41, 5.74) is 5.08. The normalized spacial score (nSPS) is 13.6. The highest BCUT2D eigenvalue weighted by Gasteiger charge is 2.37. The zero-order valence-electron chi connectivity index (χ0n) is 8.58. The fraction of sp³-hybridized carbons (Fsp3) is 0.400. The standard InChI is InChI=1S/C10H12F3NO2/c1-16-7-4-2-3-6(9(7)15)5-8(14)10(11,12)13/h2-4,8,15H,5,14H2,1H3. The van der Waals surface area contributed by atoms with E-state index in [-0.39, 0.29) is 17.1 Å². The molecule has 90 valence electrons. The molecule has 16 heavy (non-hydrogen) atoms. The molecule has 1 aromatic carbocycles. The first-order valence-electron chi connectivity index (χ1n) is 4.53. The Labute approximate surface area is 90.6 Å². The third kappa shape index (κ3) is 2.79. The Kier molecular flexibility index (Phi) is 3.64. The van der Waals surface area contributed by atoms with Crippen molar-refractivity contribution in [3.05, 3.63) is 23.8 Å². The lowest BCUT2D eigenvalue weighted by molar-refractivity contribution is -0.147. The fourth-order valence-electron chi connectivity index (χ4n) is 1.25. The quantitative estimate of drug-likeness (QED) is 0.840. The molecule has 0 aliphatic rings. The van der Waals surface area contributed by atoms with Gasteiger partial charge in [-0.15, -0.1) is 0 Å². The lowest BCUT2D eigenvalue weighted by Crippen LogP contribution is -2.39. The van der Waals surface area contributed by atoms with Crippen LogP contribution < -0.4 is 10.5 Å². The van der Waals surface area contributed by atoms with Crippen molar-refractivity contribution in [1.29, 1.82) is 0 Å². The van der Waals surface area contributed by atoms with Crippen molar-refractivity contribution in [2.75, 3.05) is 7.11 Å². The Balaban J connectivity index is 2.90. The molecule has 1 aromatic rings. The van der Waals surface area contributed by atoms with E-state index in [0.29, 0.717) is 0 Å². The van der Waals surface area contributed by atoms with Crippen LogP contribution in [0.25, 0.3) is 0 Å². The van der Waals surface area contributed by atoms with Crippen LogP contribution >= 0.6 is 0 Å². The van der Waals surface area contributed by atoms with E-state index in [4.69, 9.17) is 10.5 Å². The third-order valence-corrected chi connectivity index (χ3v) is 2.16. The monoisotopic (exact) mass is 235 g/mol. The molecule has 3 nitrogen and oxygen atoms in total. The van der Waals surface area contributed by atoms with Crippen LogP contribution in [0.4, 0.5) is 13.2 Å². The van der Waals surface area contributed by atoms with Crippen LogP contribution in [-0.2, 0) is 6.42 Å². The highest BCUT2D eigenvalue weighted by Crippen LogP contribution is 2.32. The number of hydrogen-bond donors (Lipinski definition) is 2. The molecule has 0 bridgehead atoms. The minimum absolute atomic E-state index is 0.115. The van der Waals surface area contributed by atoms with E-state index in [1.165, 1.54) is 25.3 Å². The summed E-state index contributed by atoms with van der Waals surface area (Å²) < 4.78 is 41.4. The molecule has 0 radical (unpaired) electrons. The van der Waals surface area contributed by atoms with Gasteiger partial charge in [0, 0.05) is 6.42 Å². The Morgan fingerprint density at radius 1 is 1.44 bits per heavy atom. The summed E-state index contributed by atoms with van der Waals surface area (Å²) in [5, 5.41) is 9.56. The van der Waals surface area contributed by atoms with Gasteiger partial charge in [0.25, 0.3) is 0 Å². The summed E-state index contributed by atoms with van der Waals surface area (Å²) in [6.07, 6.45) is -4.96. The number of phenols is 1. The Bertz CT molecular complexity index is 366. The third-order valence-electron chi connectivity index (χ3n) is 2.16. The molecule has 0 aromatic heterocycles. The summed E-state index contributed by atoms with van der Waals surface area (Å²) in [5.74, 6) is -0.170. The summed E-state index contributed by atoms with van der Waals surface area (Å²) >= 11 is 0. The molecule has 1 unspecified atom stereocenters. The summed E-state index contributed by atoms with van der Waals surface area (Å²) in [6.45, 7) is 0. The van der Waals surface area contributed by atoms with Gasteiger partial charge in [0.15, 0.2) is 11.5 Å². The number of phenolic OH excluding ortho intramolecular Hbond substituents is 1. The molecule has 0 aliphatic heterocycles. The number of aromatic hydroxyl groups is 1. The molecule has 0 saturated carbocycles. The fourth-order valence-corrected chi connectivity index (χ4v) is 1.25. The SMILES string of the molecule is COc1cccc(CC(N)C(F)(F)F)c1O. The maximum Gasteiger partial charge on any atom is 0.403 e. The topological polar surface area (TPSA) is 55.5 Å². The van der Waals surface area contributed by atoms with Crippen LogP contribution in [0, 0.1) is 0 Å². The maximum atomic E-state index is 12.2. The average molecular weight is 235 g/mol. The number of methoxy groups -OCH3 is 1. The number of hydrogen-bond acceptors (Lipinski definition) is 3. The van der Waals surface area contributed by atoms with Crippen molar-refractivity contribution in [2.45, 2.75) is 18.6 Å². The highest BCUT2D eigenvalue weighted by atomic mass is 19.4. The van der Waals surface area contributed by atoms with Crippen LogP contribution in [0.1, 0.15) is 5.56 Å². The summed E-state index contributed by atoms with van der Waals surface area (Å²) in [6, 6.07) is 2.34. The van der Waals surface area contributed by atoms with Gasteiger partial charge in [-0.3, -0.25) is 0 Å². The number of nitrogens with two attached hydrogens (primary N) is 1. The molecular formula is C10H12F3NO2. The van der Waals surface area contributed by atoms with Gasteiger partial charge in [0.05, 0.1) is 7.11 Å². The smallest absolute Gasteiger partial charge is 0.403 e.